The molecule has 17 heavy (non-hydrogen) atoms. The van der Waals surface area contributed by atoms with Gasteiger partial charge in [-0.15, -0.1) is 0 Å². The Morgan fingerprint density at radius 2 is 2.18 bits per heavy atom. The predicted octanol–water partition coefficient (Wildman–Crippen LogP) is -0.0424. The molecule has 0 saturated carbocycles. The molecule has 0 atom stereocenters. The Kier molecular flexibility index (Phi) is 4.59. The van der Waals surface area contributed by atoms with Crippen molar-refractivity contribution in [1.82, 2.24) is 15.2 Å². The molecule has 1 heterocycles. The van der Waals surface area contributed by atoms with Crippen LogP contribution in [0.1, 0.15) is 16.1 Å². The van der Waals surface area contributed by atoms with Crippen molar-refractivity contribution in [2.24, 2.45) is 0 Å². The van der Waals surface area contributed by atoms with Crippen molar-refractivity contribution in [2.45, 2.75) is 6.54 Å². The number of nitrogens with zero attached hydrogens (tertiary/aromatic N) is 2. The summed E-state index contributed by atoms with van der Waals surface area (Å²) in [5.74, 6) is -1.13. The summed E-state index contributed by atoms with van der Waals surface area (Å²) in [6, 6.07) is 2.85. The molecule has 92 valence electrons. The maximum Gasteiger partial charge on any atom is 0.335 e. The van der Waals surface area contributed by atoms with E-state index in [2.05, 4.69) is 10.3 Å². The minimum atomic E-state index is -1.01. The number of carbonyl (C=O) groups is 2. The fraction of sp³-hybridized carbons (Fsp3) is 0.364. The molecule has 0 aromatic carbocycles. The summed E-state index contributed by atoms with van der Waals surface area (Å²) in [6.45, 7) is 0.520. The van der Waals surface area contributed by atoms with Crippen molar-refractivity contribution >= 4 is 11.9 Å². The van der Waals surface area contributed by atoms with Gasteiger partial charge in [-0.2, -0.15) is 0 Å². The third-order valence-corrected chi connectivity index (χ3v) is 1.99. The Morgan fingerprint density at radius 3 is 2.76 bits per heavy atom. The van der Waals surface area contributed by atoms with Crippen LogP contribution >= 0.6 is 0 Å². The van der Waals surface area contributed by atoms with Gasteiger partial charge in [0, 0.05) is 6.20 Å². The average molecular weight is 237 g/mol. The smallest absolute Gasteiger partial charge is 0.335 e. The van der Waals surface area contributed by atoms with Crippen molar-refractivity contribution in [1.29, 1.82) is 0 Å². The fourth-order valence-corrected chi connectivity index (χ4v) is 1.24. The second-order valence-corrected chi connectivity index (χ2v) is 3.86. The zero-order valence-corrected chi connectivity index (χ0v) is 9.80. The van der Waals surface area contributed by atoms with Crippen molar-refractivity contribution in [3.63, 3.8) is 0 Å². The van der Waals surface area contributed by atoms with Gasteiger partial charge in [0.1, 0.15) is 0 Å². The quantitative estimate of drug-likeness (QED) is 0.750. The van der Waals surface area contributed by atoms with Gasteiger partial charge in [0.15, 0.2) is 0 Å². The molecule has 0 radical (unpaired) electrons. The molecule has 1 rings (SSSR count). The van der Waals surface area contributed by atoms with Crippen LogP contribution in [0, 0.1) is 0 Å². The standard InChI is InChI=1S/C11H15N3O3/c1-14(2)7-10(15)13-6-9-5-8(11(16)17)3-4-12-9/h3-5H,6-7H2,1-2H3,(H,13,15)(H,16,17). The minimum absolute atomic E-state index is 0.127. The number of carboxylic acids is 1. The van der Waals surface area contributed by atoms with E-state index in [0.29, 0.717) is 12.2 Å². The zero-order valence-electron chi connectivity index (χ0n) is 9.80. The highest BCUT2D eigenvalue weighted by molar-refractivity contribution is 5.87. The number of likely N-dealkylation sites (N-methyl/N-ethyl adjacent to an activating group) is 1. The Hall–Kier alpha value is -1.95. The third-order valence-electron chi connectivity index (χ3n) is 1.99. The average Bonchev–Trinajstić information content (AvgIpc) is 2.26. The lowest BCUT2D eigenvalue weighted by Gasteiger charge is -2.09. The summed E-state index contributed by atoms with van der Waals surface area (Å²) in [6.07, 6.45) is 1.41. The monoisotopic (exact) mass is 237 g/mol. The zero-order chi connectivity index (χ0) is 12.8. The van der Waals surface area contributed by atoms with E-state index in [0.717, 1.165) is 0 Å². The first-order chi connectivity index (χ1) is 7.99. The Bertz CT molecular complexity index is 418. The number of aromatic nitrogens is 1. The van der Waals surface area contributed by atoms with Gasteiger partial charge in [0.2, 0.25) is 5.91 Å². The molecule has 0 aliphatic carbocycles. The minimum Gasteiger partial charge on any atom is -0.478 e. The van der Waals surface area contributed by atoms with Gasteiger partial charge in [-0.05, 0) is 26.2 Å². The van der Waals surface area contributed by atoms with Crippen LogP contribution in [0.5, 0.6) is 0 Å². The van der Waals surface area contributed by atoms with Crippen LogP contribution in [0.4, 0.5) is 0 Å². The molecular formula is C11H15N3O3. The second kappa shape index (κ2) is 5.95. The van der Waals surface area contributed by atoms with E-state index in [9.17, 15) is 9.59 Å². The van der Waals surface area contributed by atoms with Crippen molar-refractivity contribution in [3.05, 3.63) is 29.6 Å². The van der Waals surface area contributed by atoms with E-state index in [1.807, 2.05) is 0 Å². The van der Waals surface area contributed by atoms with E-state index in [1.165, 1.54) is 18.3 Å². The maximum atomic E-state index is 11.3. The molecule has 0 aliphatic rings. The maximum absolute atomic E-state index is 11.3. The van der Waals surface area contributed by atoms with E-state index in [4.69, 9.17) is 5.11 Å². The van der Waals surface area contributed by atoms with E-state index < -0.39 is 5.97 Å². The summed E-state index contributed by atoms with van der Waals surface area (Å²) < 4.78 is 0. The summed E-state index contributed by atoms with van der Waals surface area (Å²) in [7, 11) is 3.59. The van der Waals surface area contributed by atoms with Crippen LogP contribution in [0.2, 0.25) is 0 Å². The first kappa shape index (κ1) is 13.1. The SMILES string of the molecule is CN(C)CC(=O)NCc1cc(C(=O)O)ccn1. The first-order valence-electron chi connectivity index (χ1n) is 5.08. The number of nitrogens with one attached hydrogen (secondary N) is 1. The lowest BCUT2D eigenvalue weighted by Crippen LogP contribution is -2.33. The van der Waals surface area contributed by atoms with Gasteiger partial charge >= 0.3 is 5.97 Å². The van der Waals surface area contributed by atoms with Crippen molar-refractivity contribution < 1.29 is 14.7 Å². The molecule has 6 heteroatoms. The number of carbonyl (C=O) groups excluding carboxylic acids is 1. The van der Waals surface area contributed by atoms with Crippen LogP contribution in [-0.4, -0.2) is 47.5 Å². The van der Waals surface area contributed by atoms with Crippen LogP contribution in [-0.2, 0) is 11.3 Å². The molecule has 0 saturated heterocycles. The largest absolute Gasteiger partial charge is 0.478 e. The summed E-state index contributed by atoms with van der Waals surface area (Å²) in [4.78, 5) is 27.8. The van der Waals surface area contributed by atoms with Gasteiger partial charge in [0.25, 0.3) is 0 Å². The van der Waals surface area contributed by atoms with Gasteiger partial charge in [-0.25, -0.2) is 4.79 Å². The molecule has 1 amide bonds. The highest BCUT2D eigenvalue weighted by Gasteiger charge is 2.06. The Labute approximate surface area is 99.3 Å². The molecule has 0 aliphatic heterocycles. The van der Waals surface area contributed by atoms with Crippen molar-refractivity contribution in [3.8, 4) is 0 Å². The molecule has 1 aromatic heterocycles. The Balaban J connectivity index is 2.54. The van der Waals surface area contributed by atoms with Crippen LogP contribution < -0.4 is 5.32 Å². The number of carboxylic acid groups (broad SMARTS) is 1. The van der Waals surface area contributed by atoms with Gasteiger partial charge in [-0.3, -0.25) is 9.78 Å². The summed E-state index contributed by atoms with van der Waals surface area (Å²) in [5.41, 5.74) is 0.689. The topological polar surface area (TPSA) is 82.5 Å². The summed E-state index contributed by atoms with van der Waals surface area (Å²) >= 11 is 0. The lowest BCUT2D eigenvalue weighted by atomic mass is 10.2. The third kappa shape index (κ3) is 4.60. The molecule has 6 nitrogen and oxygen atoms in total. The highest BCUT2D eigenvalue weighted by Crippen LogP contribution is 2.01. The van der Waals surface area contributed by atoms with Gasteiger partial charge < -0.3 is 15.3 Å². The molecule has 2 N–H and O–H groups in total. The van der Waals surface area contributed by atoms with Crippen LogP contribution in [0.3, 0.4) is 0 Å². The van der Waals surface area contributed by atoms with Crippen molar-refractivity contribution in [2.75, 3.05) is 20.6 Å². The predicted molar refractivity (Wildman–Crippen MR) is 61.6 cm³/mol. The lowest BCUT2D eigenvalue weighted by molar-refractivity contribution is -0.121. The fourth-order valence-electron chi connectivity index (χ4n) is 1.24. The Morgan fingerprint density at radius 1 is 1.47 bits per heavy atom. The van der Waals surface area contributed by atoms with E-state index >= 15 is 0 Å². The number of hydrogen-bond donors (Lipinski definition) is 2. The molecule has 1 aromatic rings. The highest BCUT2D eigenvalue weighted by atomic mass is 16.4. The number of hydrogen-bond acceptors (Lipinski definition) is 4. The van der Waals surface area contributed by atoms with E-state index in [1.54, 1.807) is 19.0 Å². The number of rotatable bonds is 5. The van der Waals surface area contributed by atoms with Crippen LogP contribution in [0.25, 0.3) is 0 Å². The molecular weight excluding hydrogens is 222 g/mol. The molecule has 0 bridgehead atoms. The first-order valence-corrected chi connectivity index (χ1v) is 5.08. The van der Waals surface area contributed by atoms with Gasteiger partial charge in [-0.1, -0.05) is 0 Å². The number of amides is 1. The second-order valence-electron chi connectivity index (χ2n) is 3.86. The normalized spacial score (nSPS) is 10.3. The molecule has 0 unspecified atom stereocenters. The number of aromatic carboxylic acids is 1. The summed E-state index contributed by atoms with van der Waals surface area (Å²) in [5, 5.41) is 11.4. The molecule has 0 fully saturated rings. The van der Waals surface area contributed by atoms with Crippen LogP contribution in [0.15, 0.2) is 18.3 Å². The van der Waals surface area contributed by atoms with E-state index in [-0.39, 0.29) is 18.0 Å². The number of pyridine rings is 1. The van der Waals surface area contributed by atoms with Gasteiger partial charge in [0.05, 0.1) is 24.3 Å². The molecule has 0 spiro atoms.